The van der Waals surface area contributed by atoms with E-state index < -0.39 is 6.04 Å². The van der Waals surface area contributed by atoms with E-state index in [1.807, 2.05) is 6.92 Å². The highest BCUT2D eigenvalue weighted by Gasteiger charge is 2.26. The van der Waals surface area contributed by atoms with Gasteiger partial charge >= 0.3 is 6.09 Å². The zero-order valence-electron chi connectivity index (χ0n) is 9.81. The molecule has 1 heterocycles. The largest absolute Gasteiger partial charge is 0.453 e. The SMILES string of the molecule is CC[C@@H](N)C(=O)N1CCN(C(=O)OC)CC1. The van der Waals surface area contributed by atoms with Crippen LogP contribution in [0.25, 0.3) is 0 Å². The molecule has 2 N–H and O–H groups in total. The number of piperazine rings is 1. The quantitative estimate of drug-likeness (QED) is 0.701. The summed E-state index contributed by atoms with van der Waals surface area (Å²) in [6, 6.07) is -0.426. The van der Waals surface area contributed by atoms with Gasteiger partial charge in [-0.25, -0.2) is 4.79 Å². The van der Waals surface area contributed by atoms with Gasteiger partial charge in [-0.1, -0.05) is 6.92 Å². The maximum absolute atomic E-state index is 11.7. The number of amides is 2. The number of nitrogens with two attached hydrogens (primary N) is 1. The molecule has 16 heavy (non-hydrogen) atoms. The third kappa shape index (κ3) is 2.85. The molecule has 0 unspecified atom stereocenters. The molecule has 0 aliphatic carbocycles. The first-order valence-electron chi connectivity index (χ1n) is 5.47. The predicted octanol–water partition coefficient (Wildman–Crippen LogP) is -0.366. The van der Waals surface area contributed by atoms with Gasteiger partial charge in [-0.05, 0) is 6.42 Å². The van der Waals surface area contributed by atoms with Crippen LogP contribution in [-0.2, 0) is 9.53 Å². The zero-order chi connectivity index (χ0) is 12.1. The lowest BCUT2D eigenvalue weighted by Crippen LogP contribution is -2.54. The Balaban J connectivity index is 2.43. The summed E-state index contributed by atoms with van der Waals surface area (Å²) in [6.45, 7) is 3.96. The number of hydrogen-bond acceptors (Lipinski definition) is 4. The average molecular weight is 229 g/mol. The summed E-state index contributed by atoms with van der Waals surface area (Å²) >= 11 is 0. The molecular weight excluding hydrogens is 210 g/mol. The molecule has 0 aromatic rings. The van der Waals surface area contributed by atoms with E-state index in [1.54, 1.807) is 9.80 Å². The van der Waals surface area contributed by atoms with E-state index in [4.69, 9.17) is 5.73 Å². The van der Waals surface area contributed by atoms with Gasteiger partial charge in [0.05, 0.1) is 13.2 Å². The Morgan fingerprint density at radius 2 is 1.75 bits per heavy atom. The second kappa shape index (κ2) is 5.69. The Morgan fingerprint density at radius 3 is 2.19 bits per heavy atom. The molecule has 2 amide bonds. The van der Waals surface area contributed by atoms with E-state index in [0.717, 1.165) is 0 Å². The number of nitrogens with zero attached hydrogens (tertiary/aromatic N) is 2. The highest BCUT2D eigenvalue weighted by molar-refractivity contribution is 5.81. The minimum Gasteiger partial charge on any atom is -0.453 e. The first-order chi connectivity index (χ1) is 7.60. The lowest BCUT2D eigenvalue weighted by molar-refractivity contribution is -0.134. The van der Waals surface area contributed by atoms with Crippen molar-refractivity contribution in [2.24, 2.45) is 5.73 Å². The summed E-state index contributed by atoms with van der Waals surface area (Å²) in [7, 11) is 1.35. The van der Waals surface area contributed by atoms with Crippen LogP contribution in [0.4, 0.5) is 4.79 Å². The number of methoxy groups -OCH3 is 1. The van der Waals surface area contributed by atoms with Crippen LogP contribution >= 0.6 is 0 Å². The standard InChI is InChI=1S/C10H19N3O3/c1-3-8(11)9(14)12-4-6-13(7-5-12)10(15)16-2/h8H,3-7,11H2,1-2H3/t8-/m1/s1. The number of carbonyl (C=O) groups is 2. The highest BCUT2D eigenvalue weighted by Crippen LogP contribution is 2.05. The van der Waals surface area contributed by atoms with Crippen LogP contribution in [0.5, 0.6) is 0 Å². The van der Waals surface area contributed by atoms with E-state index in [0.29, 0.717) is 32.6 Å². The van der Waals surface area contributed by atoms with Crippen molar-refractivity contribution in [1.29, 1.82) is 0 Å². The monoisotopic (exact) mass is 229 g/mol. The Morgan fingerprint density at radius 1 is 1.25 bits per heavy atom. The first kappa shape index (κ1) is 12.8. The topological polar surface area (TPSA) is 75.9 Å². The van der Waals surface area contributed by atoms with Crippen molar-refractivity contribution in [1.82, 2.24) is 9.80 Å². The molecule has 1 rings (SSSR count). The highest BCUT2D eigenvalue weighted by atomic mass is 16.5. The summed E-state index contributed by atoms with van der Waals surface area (Å²) in [4.78, 5) is 26.2. The summed E-state index contributed by atoms with van der Waals surface area (Å²) < 4.78 is 4.61. The van der Waals surface area contributed by atoms with E-state index in [9.17, 15) is 9.59 Å². The normalized spacial score (nSPS) is 18.2. The molecule has 0 spiro atoms. The van der Waals surface area contributed by atoms with Crippen LogP contribution in [-0.4, -0.2) is 61.1 Å². The molecule has 0 aromatic heterocycles. The Labute approximate surface area is 95.3 Å². The Kier molecular flexibility index (Phi) is 4.54. The molecule has 1 atom stereocenters. The van der Waals surface area contributed by atoms with Gasteiger partial charge in [0.25, 0.3) is 0 Å². The molecule has 0 saturated carbocycles. The van der Waals surface area contributed by atoms with E-state index >= 15 is 0 Å². The van der Waals surface area contributed by atoms with Gasteiger partial charge < -0.3 is 20.3 Å². The van der Waals surface area contributed by atoms with Crippen LogP contribution in [0.2, 0.25) is 0 Å². The first-order valence-corrected chi connectivity index (χ1v) is 5.47. The lowest BCUT2D eigenvalue weighted by Gasteiger charge is -2.34. The molecule has 1 saturated heterocycles. The van der Waals surface area contributed by atoms with Crippen LogP contribution in [0, 0.1) is 0 Å². The summed E-state index contributed by atoms with van der Waals surface area (Å²) in [5.74, 6) is -0.0352. The maximum Gasteiger partial charge on any atom is 0.409 e. The van der Waals surface area contributed by atoms with E-state index in [-0.39, 0.29) is 12.0 Å². The Bertz CT molecular complexity index is 262. The lowest BCUT2D eigenvalue weighted by atomic mass is 10.2. The average Bonchev–Trinajstić information content (AvgIpc) is 2.36. The number of carbonyl (C=O) groups excluding carboxylic acids is 2. The van der Waals surface area contributed by atoms with Gasteiger partial charge in [0, 0.05) is 26.2 Å². The van der Waals surface area contributed by atoms with Crippen LogP contribution in [0.15, 0.2) is 0 Å². The minimum atomic E-state index is -0.426. The van der Waals surface area contributed by atoms with Crippen molar-refractivity contribution in [3.05, 3.63) is 0 Å². The molecule has 1 fully saturated rings. The second-order valence-electron chi connectivity index (χ2n) is 3.80. The van der Waals surface area contributed by atoms with E-state index in [2.05, 4.69) is 4.74 Å². The van der Waals surface area contributed by atoms with Crippen LogP contribution < -0.4 is 5.73 Å². The summed E-state index contributed by atoms with van der Waals surface area (Å²) in [5.41, 5.74) is 5.67. The van der Waals surface area contributed by atoms with Crippen molar-refractivity contribution >= 4 is 12.0 Å². The van der Waals surface area contributed by atoms with Crippen LogP contribution in [0.1, 0.15) is 13.3 Å². The van der Waals surface area contributed by atoms with Crippen molar-refractivity contribution in [2.75, 3.05) is 33.3 Å². The third-order valence-corrected chi connectivity index (χ3v) is 2.78. The van der Waals surface area contributed by atoms with Gasteiger partial charge in [-0.15, -0.1) is 0 Å². The van der Waals surface area contributed by atoms with Gasteiger partial charge in [-0.3, -0.25) is 4.79 Å². The molecule has 0 aromatic carbocycles. The second-order valence-corrected chi connectivity index (χ2v) is 3.80. The molecule has 1 aliphatic rings. The fourth-order valence-corrected chi connectivity index (χ4v) is 1.65. The smallest absolute Gasteiger partial charge is 0.409 e. The number of hydrogen-bond donors (Lipinski definition) is 1. The Hall–Kier alpha value is -1.30. The maximum atomic E-state index is 11.7. The van der Waals surface area contributed by atoms with Gasteiger partial charge in [0.1, 0.15) is 0 Å². The van der Waals surface area contributed by atoms with Crippen molar-refractivity contribution in [3.63, 3.8) is 0 Å². The van der Waals surface area contributed by atoms with E-state index in [1.165, 1.54) is 7.11 Å². The minimum absolute atomic E-state index is 0.0352. The molecule has 0 bridgehead atoms. The molecular formula is C10H19N3O3. The van der Waals surface area contributed by atoms with Gasteiger partial charge in [0.2, 0.25) is 5.91 Å². The van der Waals surface area contributed by atoms with Crippen LogP contribution in [0.3, 0.4) is 0 Å². The summed E-state index contributed by atoms with van der Waals surface area (Å²) in [6.07, 6.45) is 0.294. The number of rotatable bonds is 2. The van der Waals surface area contributed by atoms with Gasteiger partial charge in [-0.2, -0.15) is 0 Å². The molecule has 6 heteroatoms. The predicted molar refractivity (Wildman–Crippen MR) is 58.8 cm³/mol. The third-order valence-electron chi connectivity index (χ3n) is 2.78. The van der Waals surface area contributed by atoms with Crippen molar-refractivity contribution in [3.8, 4) is 0 Å². The fraction of sp³-hybridized carbons (Fsp3) is 0.800. The molecule has 1 aliphatic heterocycles. The fourth-order valence-electron chi connectivity index (χ4n) is 1.65. The number of ether oxygens (including phenoxy) is 1. The van der Waals surface area contributed by atoms with Crippen molar-refractivity contribution in [2.45, 2.75) is 19.4 Å². The summed E-state index contributed by atoms with van der Waals surface area (Å²) in [5, 5.41) is 0. The zero-order valence-corrected chi connectivity index (χ0v) is 9.81. The molecule has 92 valence electrons. The molecule has 0 radical (unpaired) electrons. The molecule has 6 nitrogen and oxygen atoms in total. The van der Waals surface area contributed by atoms with Crippen molar-refractivity contribution < 1.29 is 14.3 Å². The van der Waals surface area contributed by atoms with Gasteiger partial charge in [0.15, 0.2) is 0 Å².